The number of carbonyl (C=O) groups excluding carboxylic acids is 2. The molecule has 1 N–H and O–H groups in total. The van der Waals surface area contributed by atoms with Gasteiger partial charge in [0.05, 0.1) is 19.9 Å². The second-order valence-corrected chi connectivity index (χ2v) is 7.70. The van der Waals surface area contributed by atoms with Gasteiger partial charge in [-0.1, -0.05) is 18.2 Å². The maximum atomic E-state index is 12.7. The van der Waals surface area contributed by atoms with Crippen molar-refractivity contribution in [3.05, 3.63) is 53.6 Å². The number of methoxy groups -OCH3 is 2. The first kappa shape index (κ1) is 21.7. The molecule has 0 spiro atoms. The molecule has 0 aliphatic carbocycles. The fourth-order valence-electron chi connectivity index (χ4n) is 3.87. The van der Waals surface area contributed by atoms with E-state index in [0.29, 0.717) is 29.5 Å². The number of carbonyl (C=O) groups is 2. The zero-order chi connectivity index (χ0) is 21.5. The molecule has 0 saturated carbocycles. The predicted octanol–water partition coefficient (Wildman–Crippen LogP) is 4.28. The summed E-state index contributed by atoms with van der Waals surface area (Å²) in [5, 5.41) is 2.92. The number of amides is 2. The standard InChI is InChI=1S/C24H30N2O4/c1-17-6-4-5-7-20(17)24(28)26-14-12-18(13-15-26)8-11-23(27)25-21-16-19(29-2)9-10-22(21)30-3/h4-7,9-10,16,18H,8,11-15H2,1-3H3,(H,25,27). The van der Waals surface area contributed by atoms with Crippen LogP contribution in [-0.4, -0.2) is 44.0 Å². The number of anilines is 1. The maximum absolute atomic E-state index is 12.7. The van der Waals surface area contributed by atoms with Crippen molar-refractivity contribution in [2.24, 2.45) is 5.92 Å². The molecule has 0 unspecified atom stereocenters. The lowest BCUT2D eigenvalue weighted by Crippen LogP contribution is -2.38. The van der Waals surface area contributed by atoms with E-state index in [0.717, 1.165) is 43.5 Å². The number of likely N-dealkylation sites (tertiary alicyclic amines) is 1. The third kappa shape index (κ3) is 5.32. The number of ether oxygens (including phenoxy) is 2. The molecule has 0 bridgehead atoms. The topological polar surface area (TPSA) is 67.9 Å². The molecule has 6 heteroatoms. The first-order valence-electron chi connectivity index (χ1n) is 10.4. The lowest BCUT2D eigenvalue weighted by Gasteiger charge is -2.32. The van der Waals surface area contributed by atoms with Crippen LogP contribution in [-0.2, 0) is 4.79 Å². The van der Waals surface area contributed by atoms with E-state index in [2.05, 4.69) is 5.32 Å². The quantitative estimate of drug-likeness (QED) is 0.740. The maximum Gasteiger partial charge on any atom is 0.254 e. The van der Waals surface area contributed by atoms with Crippen molar-refractivity contribution in [2.45, 2.75) is 32.6 Å². The fraction of sp³-hybridized carbons (Fsp3) is 0.417. The summed E-state index contributed by atoms with van der Waals surface area (Å²) >= 11 is 0. The summed E-state index contributed by atoms with van der Waals surface area (Å²) in [4.78, 5) is 27.1. The molecule has 0 atom stereocenters. The van der Waals surface area contributed by atoms with Gasteiger partial charge < -0.3 is 19.7 Å². The molecule has 1 fully saturated rings. The molecule has 6 nitrogen and oxygen atoms in total. The monoisotopic (exact) mass is 410 g/mol. The third-order valence-corrected chi connectivity index (χ3v) is 5.74. The highest BCUT2D eigenvalue weighted by atomic mass is 16.5. The van der Waals surface area contributed by atoms with Gasteiger partial charge in [-0.05, 0) is 55.9 Å². The van der Waals surface area contributed by atoms with Gasteiger partial charge in [0, 0.05) is 31.1 Å². The largest absolute Gasteiger partial charge is 0.497 e. The molecule has 2 amide bonds. The summed E-state index contributed by atoms with van der Waals surface area (Å²) in [5.41, 5.74) is 2.40. The smallest absolute Gasteiger partial charge is 0.254 e. The van der Waals surface area contributed by atoms with E-state index in [9.17, 15) is 9.59 Å². The molecule has 2 aromatic rings. The van der Waals surface area contributed by atoms with Crippen molar-refractivity contribution in [2.75, 3.05) is 32.6 Å². The van der Waals surface area contributed by atoms with Gasteiger partial charge in [0.15, 0.2) is 0 Å². The number of aryl methyl sites for hydroxylation is 1. The molecule has 3 rings (SSSR count). The van der Waals surface area contributed by atoms with Gasteiger partial charge in [0.1, 0.15) is 11.5 Å². The van der Waals surface area contributed by atoms with Crippen LogP contribution in [0.2, 0.25) is 0 Å². The number of piperidine rings is 1. The van der Waals surface area contributed by atoms with Crippen LogP contribution < -0.4 is 14.8 Å². The number of nitrogens with one attached hydrogen (secondary N) is 1. The Morgan fingerprint density at radius 3 is 2.47 bits per heavy atom. The highest BCUT2D eigenvalue weighted by molar-refractivity contribution is 5.95. The summed E-state index contributed by atoms with van der Waals surface area (Å²) in [6, 6.07) is 13.0. The van der Waals surface area contributed by atoms with Crippen LogP contribution in [0, 0.1) is 12.8 Å². The van der Waals surface area contributed by atoms with Crippen LogP contribution in [0.5, 0.6) is 11.5 Å². The Balaban J connectivity index is 1.47. The molecular formula is C24H30N2O4. The minimum absolute atomic E-state index is 0.0417. The average molecular weight is 411 g/mol. The highest BCUT2D eigenvalue weighted by Gasteiger charge is 2.24. The molecule has 1 heterocycles. The van der Waals surface area contributed by atoms with Gasteiger partial charge in [0.2, 0.25) is 5.91 Å². The Morgan fingerprint density at radius 2 is 1.80 bits per heavy atom. The molecular weight excluding hydrogens is 380 g/mol. The van der Waals surface area contributed by atoms with Crippen molar-refractivity contribution in [1.82, 2.24) is 4.90 Å². The first-order valence-corrected chi connectivity index (χ1v) is 10.4. The van der Waals surface area contributed by atoms with E-state index >= 15 is 0 Å². The van der Waals surface area contributed by atoms with Gasteiger partial charge in [0.25, 0.3) is 5.91 Å². The number of hydrogen-bond acceptors (Lipinski definition) is 4. The van der Waals surface area contributed by atoms with Crippen LogP contribution in [0.3, 0.4) is 0 Å². The van der Waals surface area contributed by atoms with Gasteiger partial charge in [-0.25, -0.2) is 0 Å². The van der Waals surface area contributed by atoms with E-state index in [-0.39, 0.29) is 11.8 Å². The third-order valence-electron chi connectivity index (χ3n) is 5.74. The zero-order valence-electron chi connectivity index (χ0n) is 17.9. The molecule has 160 valence electrons. The molecule has 0 aromatic heterocycles. The van der Waals surface area contributed by atoms with Crippen LogP contribution in [0.4, 0.5) is 5.69 Å². The molecule has 1 aliphatic rings. The average Bonchev–Trinajstić information content (AvgIpc) is 2.78. The Bertz CT molecular complexity index is 889. The van der Waals surface area contributed by atoms with Crippen LogP contribution in [0.1, 0.15) is 41.6 Å². The lowest BCUT2D eigenvalue weighted by molar-refractivity contribution is -0.116. The summed E-state index contributed by atoms with van der Waals surface area (Å²) in [6.45, 7) is 3.45. The Morgan fingerprint density at radius 1 is 1.07 bits per heavy atom. The van der Waals surface area contributed by atoms with Crippen LogP contribution >= 0.6 is 0 Å². The number of rotatable bonds is 7. The summed E-state index contributed by atoms with van der Waals surface area (Å²) in [5.74, 6) is 1.78. The molecule has 2 aromatic carbocycles. The van der Waals surface area contributed by atoms with E-state index in [1.807, 2.05) is 36.1 Å². The fourth-order valence-corrected chi connectivity index (χ4v) is 3.87. The van der Waals surface area contributed by atoms with E-state index in [1.165, 1.54) is 0 Å². The minimum Gasteiger partial charge on any atom is -0.497 e. The van der Waals surface area contributed by atoms with Gasteiger partial charge in [-0.3, -0.25) is 9.59 Å². The summed E-state index contributed by atoms with van der Waals surface area (Å²) in [6.07, 6.45) is 3.10. The van der Waals surface area contributed by atoms with Gasteiger partial charge in [-0.2, -0.15) is 0 Å². The van der Waals surface area contributed by atoms with Crippen molar-refractivity contribution in [3.8, 4) is 11.5 Å². The van der Waals surface area contributed by atoms with Gasteiger partial charge in [-0.15, -0.1) is 0 Å². The van der Waals surface area contributed by atoms with Crippen molar-refractivity contribution in [1.29, 1.82) is 0 Å². The molecule has 1 aliphatic heterocycles. The number of nitrogens with zero attached hydrogens (tertiary/aromatic N) is 1. The Labute approximate surface area is 178 Å². The van der Waals surface area contributed by atoms with Crippen molar-refractivity contribution >= 4 is 17.5 Å². The summed E-state index contributed by atoms with van der Waals surface area (Å²) in [7, 11) is 3.16. The normalized spacial score (nSPS) is 14.3. The van der Waals surface area contributed by atoms with E-state index < -0.39 is 0 Å². The SMILES string of the molecule is COc1ccc(OC)c(NC(=O)CCC2CCN(C(=O)c3ccccc3C)CC2)c1. The summed E-state index contributed by atoms with van der Waals surface area (Å²) < 4.78 is 10.5. The second-order valence-electron chi connectivity index (χ2n) is 7.70. The van der Waals surface area contributed by atoms with Crippen LogP contribution in [0.15, 0.2) is 42.5 Å². The van der Waals surface area contributed by atoms with E-state index in [1.54, 1.807) is 32.4 Å². The highest BCUT2D eigenvalue weighted by Crippen LogP contribution is 2.29. The molecule has 0 radical (unpaired) electrons. The molecule has 30 heavy (non-hydrogen) atoms. The first-order chi connectivity index (χ1) is 14.5. The minimum atomic E-state index is -0.0417. The van der Waals surface area contributed by atoms with Crippen molar-refractivity contribution in [3.63, 3.8) is 0 Å². The Kier molecular flexibility index (Phi) is 7.33. The molecule has 1 saturated heterocycles. The van der Waals surface area contributed by atoms with E-state index in [4.69, 9.17) is 9.47 Å². The van der Waals surface area contributed by atoms with Gasteiger partial charge >= 0.3 is 0 Å². The second kappa shape index (κ2) is 10.1. The number of hydrogen-bond donors (Lipinski definition) is 1. The Hall–Kier alpha value is -3.02. The number of benzene rings is 2. The van der Waals surface area contributed by atoms with Crippen molar-refractivity contribution < 1.29 is 19.1 Å². The van der Waals surface area contributed by atoms with Crippen LogP contribution in [0.25, 0.3) is 0 Å². The zero-order valence-corrected chi connectivity index (χ0v) is 17.9. The predicted molar refractivity (Wildman–Crippen MR) is 117 cm³/mol. The lowest BCUT2D eigenvalue weighted by atomic mass is 9.91.